The van der Waals surface area contributed by atoms with E-state index in [1.165, 1.54) is 0 Å². The van der Waals surface area contributed by atoms with Crippen molar-refractivity contribution in [3.05, 3.63) is 35.4 Å². The molecule has 0 aliphatic rings. The minimum atomic E-state index is 0.220. The summed E-state index contributed by atoms with van der Waals surface area (Å²) >= 11 is 6.29. The third-order valence-corrected chi connectivity index (χ3v) is 3.24. The number of H-pyrrole nitrogens is 1. The molecule has 0 unspecified atom stereocenters. The molecule has 0 saturated carbocycles. The lowest BCUT2D eigenvalue weighted by atomic mass is 10.1. The van der Waals surface area contributed by atoms with Gasteiger partial charge < -0.3 is 14.8 Å². The van der Waals surface area contributed by atoms with E-state index in [2.05, 4.69) is 4.98 Å². The molecule has 0 saturated heterocycles. The van der Waals surface area contributed by atoms with E-state index in [1.54, 1.807) is 19.2 Å². The number of aromatic nitrogens is 1. The monoisotopic (exact) mass is 247 g/mol. The average Bonchev–Trinajstić information content (AvgIpc) is 2.68. The van der Waals surface area contributed by atoms with E-state index in [1.807, 2.05) is 18.2 Å². The number of rotatable bonds is 1. The number of benzene rings is 2. The molecule has 86 valence electrons. The van der Waals surface area contributed by atoms with Crippen LogP contribution >= 0.6 is 11.6 Å². The Kier molecular flexibility index (Phi) is 2.16. The zero-order chi connectivity index (χ0) is 12.0. The maximum atomic E-state index is 9.54. The summed E-state index contributed by atoms with van der Waals surface area (Å²) in [4.78, 5) is 3.25. The predicted octanol–water partition coefficient (Wildman–Crippen LogP) is 3.69. The molecular weight excluding hydrogens is 238 g/mol. The topological polar surface area (TPSA) is 45.2 Å². The van der Waals surface area contributed by atoms with Crippen LogP contribution in [-0.2, 0) is 0 Å². The Morgan fingerprint density at radius 2 is 1.94 bits per heavy atom. The number of ether oxygens (including phenoxy) is 1. The van der Waals surface area contributed by atoms with E-state index in [0.29, 0.717) is 10.8 Å². The van der Waals surface area contributed by atoms with Crippen LogP contribution in [0.25, 0.3) is 21.8 Å². The smallest absolute Gasteiger partial charge is 0.138 e. The van der Waals surface area contributed by atoms with Gasteiger partial charge in [-0.3, -0.25) is 0 Å². The molecule has 0 atom stereocenters. The van der Waals surface area contributed by atoms with E-state index in [0.717, 1.165) is 21.8 Å². The van der Waals surface area contributed by atoms with Gasteiger partial charge >= 0.3 is 0 Å². The molecule has 2 aromatic carbocycles. The summed E-state index contributed by atoms with van der Waals surface area (Å²) in [7, 11) is 1.58. The van der Waals surface area contributed by atoms with Crippen molar-refractivity contribution >= 4 is 33.4 Å². The molecular formula is C13H10ClNO2. The Balaban J connectivity index is 2.52. The number of methoxy groups -OCH3 is 1. The van der Waals surface area contributed by atoms with Crippen molar-refractivity contribution in [3.8, 4) is 11.5 Å². The summed E-state index contributed by atoms with van der Waals surface area (Å²) in [5, 5.41) is 11.9. The second kappa shape index (κ2) is 3.57. The first-order chi connectivity index (χ1) is 8.20. The molecule has 3 nitrogen and oxygen atoms in total. The molecule has 17 heavy (non-hydrogen) atoms. The number of fused-ring (bicyclic) bond motifs is 3. The highest BCUT2D eigenvalue weighted by molar-refractivity contribution is 6.39. The van der Waals surface area contributed by atoms with Crippen LogP contribution in [0.1, 0.15) is 0 Å². The molecule has 1 heterocycles. The standard InChI is InChI=1S/C13H10ClNO2/c1-17-11-5-4-10-12(13(11)14)8-6-7(16)2-3-9(8)15-10/h2-6,15-16H,1H3. The van der Waals surface area contributed by atoms with E-state index in [-0.39, 0.29) is 5.75 Å². The third kappa shape index (κ3) is 1.43. The zero-order valence-electron chi connectivity index (χ0n) is 9.12. The number of hydrogen-bond acceptors (Lipinski definition) is 2. The summed E-state index contributed by atoms with van der Waals surface area (Å²) in [5.41, 5.74) is 1.87. The highest BCUT2D eigenvalue weighted by Gasteiger charge is 2.12. The van der Waals surface area contributed by atoms with Crippen molar-refractivity contribution in [2.45, 2.75) is 0 Å². The van der Waals surface area contributed by atoms with Crippen LogP contribution < -0.4 is 4.74 Å². The van der Waals surface area contributed by atoms with Crippen molar-refractivity contribution in [2.24, 2.45) is 0 Å². The number of hydrogen-bond donors (Lipinski definition) is 2. The second-order valence-electron chi connectivity index (χ2n) is 3.86. The van der Waals surface area contributed by atoms with Crippen molar-refractivity contribution < 1.29 is 9.84 Å². The molecule has 1 aromatic heterocycles. The van der Waals surface area contributed by atoms with Crippen LogP contribution in [0.4, 0.5) is 0 Å². The van der Waals surface area contributed by atoms with Gasteiger partial charge in [-0.15, -0.1) is 0 Å². The summed E-state index contributed by atoms with van der Waals surface area (Å²) in [5.74, 6) is 0.848. The van der Waals surface area contributed by atoms with E-state index in [9.17, 15) is 5.11 Å². The molecule has 0 amide bonds. The summed E-state index contributed by atoms with van der Waals surface area (Å²) in [6, 6.07) is 8.90. The Bertz CT molecular complexity index is 718. The molecule has 0 spiro atoms. The zero-order valence-corrected chi connectivity index (χ0v) is 9.88. The lowest BCUT2D eigenvalue weighted by molar-refractivity contribution is 0.415. The molecule has 0 aliphatic carbocycles. The molecule has 0 radical (unpaired) electrons. The first-order valence-electron chi connectivity index (χ1n) is 5.17. The largest absolute Gasteiger partial charge is 0.508 e. The fourth-order valence-electron chi connectivity index (χ4n) is 2.08. The van der Waals surface area contributed by atoms with Gasteiger partial charge in [0.15, 0.2) is 0 Å². The van der Waals surface area contributed by atoms with Gasteiger partial charge in [-0.1, -0.05) is 11.6 Å². The van der Waals surface area contributed by atoms with Gasteiger partial charge in [-0.25, -0.2) is 0 Å². The van der Waals surface area contributed by atoms with Gasteiger partial charge in [0.25, 0.3) is 0 Å². The number of phenolic OH excluding ortho intramolecular Hbond substituents is 1. The van der Waals surface area contributed by atoms with Crippen molar-refractivity contribution in [1.82, 2.24) is 4.98 Å². The fourth-order valence-corrected chi connectivity index (χ4v) is 2.42. The van der Waals surface area contributed by atoms with Gasteiger partial charge in [0.1, 0.15) is 11.5 Å². The first kappa shape index (κ1) is 10.3. The number of nitrogens with one attached hydrogen (secondary N) is 1. The van der Waals surface area contributed by atoms with Crippen LogP contribution in [-0.4, -0.2) is 17.2 Å². The predicted molar refractivity (Wildman–Crippen MR) is 69.0 cm³/mol. The molecule has 2 N–H and O–H groups in total. The molecule has 0 aliphatic heterocycles. The van der Waals surface area contributed by atoms with Crippen molar-refractivity contribution in [2.75, 3.05) is 7.11 Å². The van der Waals surface area contributed by atoms with E-state index < -0.39 is 0 Å². The van der Waals surface area contributed by atoms with Gasteiger partial charge in [-0.05, 0) is 30.3 Å². The van der Waals surface area contributed by atoms with Gasteiger partial charge in [0, 0.05) is 21.8 Å². The Hall–Kier alpha value is -1.87. The van der Waals surface area contributed by atoms with Crippen LogP contribution in [0.3, 0.4) is 0 Å². The maximum Gasteiger partial charge on any atom is 0.138 e. The average molecular weight is 248 g/mol. The van der Waals surface area contributed by atoms with Crippen LogP contribution in [0, 0.1) is 0 Å². The second-order valence-corrected chi connectivity index (χ2v) is 4.24. The Labute approximate surface area is 103 Å². The molecule has 4 heteroatoms. The van der Waals surface area contributed by atoms with Gasteiger partial charge in [0.2, 0.25) is 0 Å². The summed E-state index contributed by atoms with van der Waals surface area (Å²) in [6.07, 6.45) is 0. The van der Waals surface area contributed by atoms with Crippen LogP contribution in [0.15, 0.2) is 30.3 Å². The molecule has 3 aromatic rings. The Morgan fingerprint density at radius 1 is 1.18 bits per heavy atom. The van der Waals surface area contributed by atoms with Crippen molar-refractivity contribution in [1.29, 1.82) is 0 Å². The number of aromatic hydroxyl groups is 1. The SMILES string of the molecule is COc1ccc2[nH]c3ccc(O)cc3c2c1Cl. The molecule has 0 bridgehead atoms. The minimum absolute atomic E-state index is 0.220. The Morgan fingerprint density at radius 3 is 2.71 bits per heavy atom. The normalized spacial score (nSPS) is 11.2. The number of phenols is 1. The minimum Gasteiger partial charge on any atom is -0.508 e. The molecule has 0 fully saturated rings. The van der Waals surface area contributed by atoms with Crippen LogP contribution in [0.2, 0.25) is 5.02 Å². The van der Waals surface area contributed by atoms with Gasteiger partial charge in [-0.2, -0.15) is 0 Å². The maximum absolute atomic E-state index is 9.54. The van der Waals surface area contributed by atoms with E-state index >= 15 is 0 Å². The summed E-state index contributed by atoms with van der Waals surface area (Å²) in [6.45, 7) is 0. The summed E-state index contributed by atoms with van der Waals surface area (Å²) < 4.78 is 5.19. The number of halogens is 1. The van der Waals surface area contributed by atoms with Crippen molar-refractivity contribution in [3.63, 3.8) is 0 Å². The quantitative estimate of drug-likeness (QED) is 0.689. The number of aromatic amines is 1. The fraction of sp³-hybridized carbons (Fsp3) is 0.0769. The highest BCUT2D eigenvalue weighted by atomic mass is 35.5. The van der Waals surface area contributed by atoms with Gasteiger partial charge in [0.05, 0.1) is 12.1 Å². The lowest BCUT2D eigenvalue weighted by Crippen LogP contribution is -1.83. The molecule has 3 rings (SSSR count). The van der Waals surface area contributed by atoms with E-state index in [4.69, 9.17) is 16.3 Å². The highest BCUT2D eigenvalue weighted by Crippen LogP contribution is 2.38. The first-order valence-corrected chi connectivity index (χ1v) is 5.55. The third-order valence-electron chi connectivity index (χ3n) is 2.87. The lowest BCUT2D eigenvalue weighted by Gasteiger charge is -2.03. The van der Waals surface area contributed by atoms with Crippen LogP contribution in [0.5, 0.6) is 11.5 Å².